The topological polar surface area (TPSA) is 153 Å². The number of benzene rings is 4. The fourth-order valence-corrected chi connectivity index (χ4v) is 3.60. The summed E-state index contributed by atoms with van der Waals surface area (Å²) in [6, 6.07) is 27.0. The van der Waals surface area contributed by atoms with Crippen molar-refractivity contribution in [3.8, 4) is 23.6 Å². The summed E-state index contributed by atoms with van der Waals surface area (Å²) in [5, 5.41) is 17.7. The van der Waals surface area contributed by atoms with E-state index in [2.05, 4.69) is 0 Å². The number of carbonyl (C=O) groups is 4. The summed E-state index contributed by atoms with van der Waals surface area (Å²) in [4.78, 5) is 50.0. The molecule has 10 nitrogen and oxygen atoms in total. The van der Waals surface area contributed by atoms with Crippen molar-refractivity contribution in [2.45, 2.75) is 19.6 Å². The second kappa shape index (κ2) is 12.9. The molecule has 0 saturated heterocycles. The molecule has 0 amide bonds. The number of nitriles is 2. The molecular weight excluding hydrogens is 552 g/mol. The Labute approximate surface area is 246 Å². The molecule has 10 heteroatoms. The Morgan fingerprint density at radius 3 is 1.07 bits per heavy atom. The van der Waals surface area contributed by atoms with Gasteiger partial charge in [0, 0.05) is 13.8 Å². The first-order valence-corrected chi connectivity index (χ1v) is 12.7. The van der Waals surface area contributed by atoms with Gasteiger partial charge in [0.25, 0.3) is 5.79 Å². The zero-order valence-corrected chi connectivity index (χ0v) is 22.9. The molecule has 0 aromatic heterocycles. The van der Waals surface area contributed by atoms with E-state index < -0.39 is 29.7 Å². The van der Waals surface area contributed by atoms with E-state index >= 15 is 0 Å². The highest BCUT2D eigenvalue weighted by atomic mass is 16.7. The molecule has 212 valence electrons. The zero-order valence-electron chi connectivity index (χ0n) is 22.9. The van der Waals surface area contributed by atoms with E-state index in [1.54, 1.807) is 0 Å². The van der Waals surface area contributed by atoms with Crippen LogP contribution in [0.15, 0.2) is 97.1 Å². The Morgan fingerprint density at radius 2 is 0.767 bits per heavy atom. The molecule has 43 heavy (non-hydrogen) atoms. The van der Waals surface area contributed by atoms with E-state index in [9.17, 15) is 19.2 Å². The summed E-state index contributed by atoms with van der Waals surface area (Å²) in [5.41, 5.74) is 1.57. The van der Waals surface area contributed by atoms with Crippen LogP contribution in [0.1, 0.15) is 66.4 Å². The third kappa shape index (κ3) is 7.91. The molecule has 0 spiro atoms. The van der Waals surface area contributed by atoms with Gasteiger partial charge in [0.15, 0.2) is 0 Å². The number of nitrogens with zero attached hydrogens (tertiary/aromatic N) is 2. The average Bonchev–Trinajstić information content (AvgIpc) is 3.01. The number of carbonyl (C=O) groups excluding carboxylic acids is 4. The highest BCUT2D eigenvalue weighted by Crippen LogP contribution is 2.21. The standard InChI is InChI=1S/C33H22N2O8/c1-33(2,42-31(38)25-11-15-27(16-12-25)40-29(36)23-7-3-21(19-34)4-8-23)43-32(39)26-13-17-28(18-14-26)41-30(37)24-9-5-22(20-35)6-10-24/h3-18H,1-2H3. The van der Waals surface area contributed by atoms with Crippen LogP contribution in [-0.2, 0) is 9.47 Å². The summed E-state index contributed by atoms with van der Waals surface area (Å²) in [7, 11) is 0. The van der Waals surface area contributed by atoms with Gasteiger partial charge in [0.1, 0.15) is 11.5 Å². The summed E-state index contributed by atoms with van der Waals surface area (Å²) in [6.45, 7) is 2.79. The lowest BCUT2D eigenvalue weighted by atomic mass is 10.1. The van der Waals surface area contributed by atoms with Crippen LogP contribution in [0.2, 0.25) is 0 Å². The highest BCUT2D eigenvalue weighted by molar-refractivity contribution is 5.93. The van der Waals surface area contributed by atoms with E-state index in [0.717, 1.165) is 0 Å². The van der Waals surface area contributed by atoms with Crippen molar-refractivity contribution in [3.63, 3.8) is 0 Å². The summed E-state index contributed by atoms with van der Waals surface area (Å²) in [6.07, 6.45) is 0. The lowest BCUT2D eigenvalue weighted by Gasteiger charge is -2.25. The normalized spacial score (nSPS) is 10.4. The first-order chi connectivity index (χ1) is 20.6. The van der Waals surface area contributed by atoms with Gasteiger partial charge < -0.3 is 18.9 Å². The van der Waals surface area contributed by atoms with Crippen LogP contribution < -0.4 is 9.47 Å². The van der Waals surface area contributed by atoms with E-state index in [1.807, 2.05) is 12.1 Å². The predicted molar refractivity (Wildman–Crippen MR) is 150 cm³/mol. The van der Waals surface area contributed by atoms with Crippen molar-refractivity contribution in [1.29, 1.82) is 10.5 Å². The first-order valence-electron chi connectivity index (χ1n) is 12.7. The van der Waals surface area contributed by atoms with Crippen LogP contribution in [0.5, 0.6) is 11.5 Å². The average molecular weight is 575 g/mol. The van der Waals surface area contributed by atoms with Gasteiger partial charge in [-0.05, 0) is 97.1 Å². The van der Waals surface area contributed by atoms with Crippen LogP contribution >= 0.6 is 0 Å². The second-order valence-corrected chi connectivity index (χ2v) is 9.38. The summed E-state index contributed by atoms with van der Waals surface area (Å²) in [5.74, 6) is -4.11. The number of ether oxygens (including phenoxy) is 4. The minimum absolute atomic E-state index is 0.121. The minimum Gasteiger partial charge on any atom is -0.423 e. The predicted octanol–water partition coefficient (Wildman–Crippen LogP) is 5.62. The van der Waals surface area contributed by atoms with Crippen molar-refractivity contribution < 1.29 is 38.1 Å². The number of esters is 4. The molecule has 4 rings (SSSR count). The van der Waals surface area contributed by atoms with Crippen LogP contribution in [0.4, 0.5) is 0 Å². The molecule has 4 aromatic rings. The zero-order chi connectivity index (χ0) is 31.0. The van der Waals surface area contributed by atoms with Crippen LogP contribution in [0, 0.1) is 22.7 Å². The molecule has 0 aliphatic carbocycles. The van der Waals surface area contributed by atoms with Gasteiger partial charge in [0.05, 0.1) is 45.5 Å². The largest absolute Gasteiger partial charge is 0.423 e. The maximum atomic E-state index is 12.7. The fraction of sp³-hybridized carbons (Fsp3) is 0.0909. The lowest BCUT2D eigenvalue weighted by Crippen LogP contribution is -2.34. The van der Waals surface area contributed by atoms with Gasteiger partial charge >= 0.3 is 23.9 Å². The Morgan fingerprint density at radius 1 is 0.488 bits per heavy atom. The molecule has 0 N–H and O–H groups in total. The number of hydrogen-bond donors (Lipinski definition) is 0. The van der Waals surface area contributed by atoms with Gasteiger partial charge in [-0.2, -0.15) is 10.5 Å². The smallest absolute Gasteiger partial charge is 0.343 e. The number of hydrogen-bond acceptors (Lipinski definition) is 10. The maximum absolute atomic E-state index is 12.7. The third-order valence-corrected chi connectivity index (χ3v) is 5.78. The summed E-state index contributed by atoms with van der Waals surface area (Å²) < 4.78 is 21.3. The van der Waals surface area contributed by atoms with Gasteiger partial charge in [-0.3, -0.25) is 0 Å². The molecule has 0 aliphatic rings. The molecule has 0 aliphatic heterocycles. The fourth-order valence-electron chi connectivity index (χ4n) is 3.60. The molecule has 0 saturated carbocycles. The van der Waals surface area contributed by atoms with Gasteiger partial charge in [-0.1, -0.05) is 0 Å². The van der Waals surface area contributed by atoms with E-state index in [-0.39, 0.29) is 33.8 Å². The van der Waals surface area contributed by atoms with Crippen LogP contribution in [0.25, 0.3) is 0 Å². The third-order valence-electron chi connectivity index (χ3n) is 5.78. The molecule has 0 fully saturated rings. The van der Waals surface area contributed by atoms with E-state index in [0.29, 0.717) is 11.1 Å². The van der Waals surface area contributed by atoms with Crippen molar-refractivity contribution in [1.82, 2.24) is 0 Å². The Kier molecular flexibility index (Phi) is 8.94. The quantitative estimate of drug-likeness (QED) is 0.147. The second-order valence-electron chi connectivity index (χ2n) is 9.38. The molecule has 4 aromatic carbocycles. The molecule has 0 radical (unpaired) electrons. The van der Waals surface area contributed by atoms with E-state index in [4.69, 9.17) is 29.5 Å². The molecule has 0 atom stereocenters. The van der Waals surface area contributed by atoms with Gasteiger partial charge in [0.2, 0.25) is 0 Å². The monoisotopic (exact) mass is 574 g/mol. The SMILES string of the molecule is CC(C)(OC(=O)c1ccc(OC(=O)c2ccc(C#N)cc2)cc1)OC(=O)c1ccc(OC(=O)c2ccc(C#N)cc2)cc1. The van der Waals surface area contributed by atoms with Crippen molar-refractivity contribution in [3.05, 3.63) is 130 Å². The lowest BCUT2D eigenvalue weighted by molar-refractivity contribution is -0.143. The summed E-state index contributed by atoms with van der Waals surface area (Å²) >= 11 is 0. The van der Waals surface area contributed by atoms with E-state index in [1.165, 1.54) is 111 Å². The molecule has 0 bridgehead atoms. The number of rotatable bonds is 8. The Bertz CT molecular complexity index is 1610. The van der Waals surface area contributed by atoms with Crippen LogP contribution in [-0.4, -0.2) is 29.7 Å². The van der Waals surface area contributed by atoms with Crippen molar-refractivity contribution >= 4 is 23.9 Å². The van der Waals surface area contributed by atoms with Gasteiger partial charge in [-0.15, -0.1) is 0 Å². The van der Waals surface area contributed by atoms with Gasteiger partial charge in [-0.25, -0.2) is 19.2 Å². The Balaban J connectivity index is 1.30. The molecule has 0 heterocycles. The Hall–Kier alpha value is -6.26. The molecular formula is C33H22N2O8. The first kappa shape index (κ1) is 29.7. The van der Waals surface area contributed by atoms with Crippen LogP contribution in [0.3, 0.4) is 0 Å². The molecule has 0 unspecified atom stereocenters. The maximum Gasteiger partial charge on any atom is 0.343 e. The van der Waals surface area contributed by atoms with Crippen molar-refractivity contribution in [2.75, 3.05) is 0 Å². The van der Waals surface area contributed by atoms with Crippen molar-refractivity contribution in [2.24, 2.45) is 0 Å². The minimum atomic E-state index is -1.64. The highest BCUT2D eigenvalue weighted by Gasteiger charge is 2.29.